The summed E-state index contributed by atoms with van der Waals surface area (Å²) in [5, 5.41) is 10.4. The van der Waals surface area contributed by atoms with Crippen molar-refractivity contribution in [2.45, 2.75) is 31.5 Å². The minimum Gasteiger partial charge on any atom is -0.390 e. The van der Waals surface area contributed by atoms with Crippen LogP contribution in [0.2, 0.25) is 0 Å². The fourth-order valence-corrected chi connectivity index (χ4v) is 3.94. The molecule has 0 aromatic heterocycles. The van der Waals surface area contributed by atoms with Crippen molar-refractivity contribution in [1.82, 2.24) is 0 Å². The smallest absolute Gasteiger partial charge is 0.0890 e. The van der Waals surface area contributed by atoms with E-state index in [1.54, 1.807) is 0 Å². The van der Waals surface area contributed by atoms with Crippen molar-refractivity contribution >= 4 is 0 Å². The van der Waals surface area contributed by atoms with Gasteiger partial charge >= 0.3 is 0 Å². The summed E-state index contributed by atoms with van der Waals surface area (Å²) in [6.07, 6.45) is 3.11. The third-order valence-electron chi connectivity index (χ3n) is 4.78. The Morgan fingerprint density at radius 1 is 1.19 bits per heavy atom. The molecular weight excluding hydrogens is 200 g/mol. The summed E-state index contributed by atoms with van der Waals surface area (Å²) in [6.45, 7) is 0.861. The molecule has 1 heterocycles. The van der Waals surface area contributed by atoms with Crippen molar-refractivity contribution in [3.63, 3.8) is 0 Å². The van der Waals surface area contributed by atoms with Gasteiger partial charge in [0.2, 0.25) is 0 Å². The summed E-state index contributed by atoms with van der Waals surface area (Å²) in [4.78, 5) is 0. The average Bonchev–Trinajstić information content (AvgIpc) is 2.70. The lowest BCUT2D eigenvalue weighted by molar-refractivity contribution is -0.143. The number of aliphatic hydroxyl groups is 1. The van der Waals surface area contributed by atoms with Crippen LogP contribution in [-0.2, 0) is 17.6 Å². The predicted octanol–water partition coefficient (Wildman–Crippen LogP) is 1.55. The van der Waals surface area contributed by atoms with Gasteiger partial charge in [0.15, 0.2) is 0 Å². The van der Waals surface area contributed by atoms with E-state index in [1.165, 1.54) is 11.1 Å². The van der Waals surface area contributed by atoms with E-state index in [2.05, 4.69) is 24.3 Å². The molecule has 3 aliphatic rings. The van der Waals surface area contributed by atoms with E-state index in [-0.39, 0.29) is 17.6 Å². The molecule has 16 heavy (non-hydrogen) atoms. The molecule has 1 aromatic rings. The largest absolute Gasteiger partial charge is 0.390 e. The van der Waals surface area contributed by atoms with Gasteiger partial charge in [0.05, 0.1) is 18.8 Å². The van der Waals surface area contributed by atoms with E-state index in [0.717, 1.165) is 25.9 Å². The van der Waals surface area contributed by atoms with Gasteiger partial charge in [-0.2, -0.15) is 0 Å². The Balaban J connectivity index is 1.72. The topological polar surface area (TPSA) is 29.5 Å². The van der Waals surface area contributed by atoms with Gasteiger partial charge in [0.25, 0.3) is 0 Å². The molecule has 0 amide bonds. The summed E-state index contributed by atoms with van der Waals surface area (Å²) >= 11 is 0. The Morgan fingerprint density at radius 3 is 2.31 bits per heavy atom. The van der Waals surface area contributed by atoms with E-state index in [1.807, 2.05) is 0 Å². The highest BCUT2D eigenvalue weighted by molar-refractivity contribution is 5.36. The third-order valence-corrected chi connectivity index (χ3v) is 4.78. The van der Waals surface area contributed by atoms with Crippen LogP contribution >= 0.6 is 0 Å². The van der Waals surface area contributed by atoms with Crippen LogP contribution < -0.4 is 0 Å². The Morgan fingerprint density at radius 2 is 1.88 bits per heavy atom. The number of aliphatic hydroxyl groups excluding tert-OH is 1. The molecule has 1 saturated heterocycles. The Labute approximate surface area is 95.2 Å². The molecule has 3 atom stereocenters. The minimum atomic E-state index is -0.251. The molecule has 2 fully saturated rings. The molecule has 4 rings (SSSR count). The maximum Gasteiger partial charge on any atom is 0.0890 e. The zero-order chi connectivity index (χ0) is 10.8. The van der Waals surface area contributed by atoms with Gasteiger partial charge in [-0.15, -0.1) is 0 Å². The van der Waals surface area contributed by atoms with Crippen LogP contribution in [0.15, 0.2) is 24.3 Å². The minimum absolute atomic E-state index is 0.0928. The van der Waals surface area contributed by atoms with Gasteiger partial charge in [0, 0.05) is 11.3 Å². The van der Waals surface area contributed by atoms with Gasteiger partial charge in [-0.25, -0.2) is 0 Å². The van der Waals surface area contributed by atoms with Crippen molar-refractivity contribution in [2.24, 2.45) is 11.3 Å². The predicted molar refractivity (Wildman–Crippen MR) is 60.1 cm³/mol. The number of fused-ring (bicyclic) bond motifs is 2. The van der Waals surface area contributed by atoms with Crippen molar-refractivity contribution in [3.05, 3.63) is 35.4 Å². The fraction of sp³-hybridized carbons (Fsp3) is 0.571. The second-order valence-electron chi connectivity index (χ2n) is 5.69. The molecule has 1 N–H and O–H groups in total. The van der Waals surface area contributed by atoms with Crippen molar-refractivity contribution in [2.75, 3.05) is 6.61 Å². The normalized spacial score (nSPS) is 38.2. The fourth-order valence-electron chi connectivity index (χ4n) is 3.94. The lowest BCUT2D eigenvalue weighted by Crippen LogP contribution is -2.44. The van der Waals surface area contributed by atoms with Crippen LogP contribution in [0.1, 0.15) is 17.5 Å². The van der Waals surface area contributed by atoms with Crippen molar-refractivity contribution < 1.29 is 9.84 Å². The van der Waals surface area contributed by atoms with Crippen molar-refractivity contribution in [1.29, 1.82) is 0 Å². The molecule has 1 unspecified atom stereocenters. The molecule has 1 saturated carbocycles. The highest BCUT2D eigenvalue weighted by Crippen LogP contribution is 2.54. The summed E-state index contributed by atoms with van der Waals surface area (Å²) < 4.78 is 5.50. The molecule has 2 heteroatoms. The Bertz CT molecular complexity index is 415. The van der Waals surface area contributed by atoms with Gasteiger partial charge in [-0.05, 0) is 30.4 Å². The van der Waals surface area contributed by atoms with E-state index in [4.69, 9.17) is 4.74 Å². The molecule has 1 aromatic carbocycles. The first-order chi connectivity index (χ1) is 7.78. The highest BCUT2D eigenvalue weighted by Gasteiger charge is 2.59. The van der Waals surface area contributed by atoms with Crippen LogP contribution in [0.3, 0.4) is 0 Å². The van der Waals surface area contributed by atoms with Gasteiger partial charge in [-0.1, -0.05) is 24.3 Å². The van der Waals surface area contributed by atoms with E-state index in [0.29, 0.717) is 5.92 Å². The molecule has 2 aliphatic carbocycles. The van der Waals surface area contributed by atoms with Crippen LogP contribution in [0.25, 0.3) is 0 Å². The standard InChI is InChI=1S/C14H16O2/c15-13-12-11(8-16-12)7-14(13)5-9-3-1-2-4-10(9)6-14/h1-4,11-13,15H,5-8H2/t11?,12-,13-/m1/s1. The molecule has 84 valence electrons. The van der Waals surface area contributed by atoms with Crippen molar-refractivity contribution in [3.8, 4) is 0 Å². The van der Waals surface area contributed by atoms with Crippen LogP contribution in [-0.4, -0.2) is 23.9 Å². The zero-order valence-electron chi connectivity index (χ0n) is 9.23. The first-order valence-electron chi connectivity index (χ1n) is 6.15. The first kappa shape index (κ1) is 9.20. The van der Waals surface area contributed by atoms with E-state index in [9.17, 15) is 5.11 Å². The van der Waals surface area contributed by atoms with Gasteiger partial charge < -0.3 is 9.84 Å². The summed E-state index contributed by atoms with van der Waals surface area (Å²) in [7, 11) is 0. The van der Waals surface area contributed by atoms with E-state index >= 15 is 0 Å². The van der Waals surface area contributed by atoms with Crippen LogP contribution in [0.4, 0.5) is 0 Å². The quantitative estimate of drug-likeness (QED) is 0.713. The highest BCUT2D eigenvalue weighted by atomic mass is 16.5. The third kappa shape index (κ3) is 0.994. The lowest BCUT2D eigenvalue weighted by atomic mass is 9.80. The summed E-state index contributed by atoms with van der Waals surface area (Å²) in [5.41, 5.74) is 2.96. The summed E-state index contributed by atoms with van der Waals surface area (Å²) in [6, 6.07) is 8.62. The molecule has 2 nitrogen and oxygen atoms in total. The number of hydrogen-bond donors (Lipinski definition) is 1. The first-order valence-corrected chi connectivity index (χ1v) is 6.15. The molecular formula is C14H16O2. The molecule has 0 bridgehead atoms. The van der Waals surface area contributed by atoms with Crippen LogP contribution in [0.5, 0.6) is 0 Å². The number of benzene rings is 1. The Hall–Kier alpha value is -0.860. The Kier molecular flexibility index (Phi) is 1.65. The molecule has 1 spiro atoms. The maximum atomic E-state index is 10.4. The van der Waals surface area contributed by atoms with Gasteiger partial charge in [0.1, 0.15) is 0 Å². The summed E-state index contributed by atoms with van der Waals surface area (Å²) in [5.74, 6) is 0.615. The zero-order valence-corrected chi connectivity index (χ0v) is 9.23. The second kappa shape index (κ2) is 2.88. The van der Waals surface area contributed by atoms with E-state index < -0.39 is 0 Å². The number of rotatable bonds is 0. The maximum absolute atomic E-state index is 10.4. The van der Waals surface area contributed by atoms with Gasteiger partial charge in [-0.3, -0.25) is 0 Å². The number of hydrogen-bond acceptors (Lipinski definition) is 2. The average molecular weight is 216 g/mol. The lowest BCUT2D eigenvalue weighted by Gasteiger charge is -2.33. The van der Waals surface area contributed by atoms with Crippen LogP contribution in [0, 0.1) is 11.3 Å². The molecule has 0 radical (unpaired) electrons. The molecule has 1 aliphatic heterocycles. The number of ether oxygens (including phenoxy) is 1. The SMILES string of the molecule is O[C@@H]1[C@@H]2OCC2CC12Cc1ccccc1C2. The second-order valence-corrected chi connectivity index (χ2v) is 5.69. The monoisotopic (exact) mass is 216 g/mol.